The van der Waals surface area contributed by atoms with Crippen LogP contribution in [0.2, 0.25) is 0 Å². The smallest absolute Gasteiger partial charge is 0.212 e. The van der Waals surface area contributed by atoms with Crippen LogP contribution in [0, 0.1) is 0 Å². The maximum absolute atomic E-state index is 11.7. The summed E-state index contributed by atoms with van der Waals surface area (Å²) in [7, 11) is -3.06. The van der Waals surface area contributed by atoms with E-state index in [1.807, 2.05) is 13.8 Å². The molecule has 86 valence electrons. The summed E-state index contributed by atoms with van der Waals surface area (Å²) in [5, 5.41) is 0. The summed E-state index contributed by atoms with van der Waals surface area (Å²) in [6, 6.07) is 0. The molecular weight excluding hydrogens is 222 g/mol. The maximum Gasteiger partial charge on any atom is 0.214 e. The fourth-order valence-corrected chi connectivity index (χ4v) is 3.24. The Morgan fingerprint density at radius 1 is 1.14 bits per heavy atom. The van der Waals surface area contributed by atoms with Crippen molar-refractivity contribution in [3.63, 3.8) is 0 Å². The van der Waals surface area contributed by atoms with Crippen molar-refractivity contribution in [3.8, 4) is 0 Å². The first-order valence-corrected chi connectivity index (χ1v) is 7.26. The Morgan fingerprint density at radius 3 is 2.21 bits per heavy atom. The molecular formula is C9H20ClNO2S. The molecule has 14 heavy (non-hydrogen) atoms. The van der Waals surface area contributed by atoms with Crippen molar-refractivity contribution in [3.05, 3.63) is 0 Å². The topological polar surface area (TPSA) is 37.4 Å². The molecule has 0 rings (SSSR count). The van der Waals surface area contributed by atoms with Gasteiger partial charge in [-0.05, 0) is 12.8 Å². The number of halogens is 1. The normalized spacial score (nSPS) is 12.3. The van der Waals surface area contributed by atoms with Crippen LogP contribution in [0.1, 0.15) is 33.1 Å². The van der Waals surface area contributed by atoms with E-state index in [-0.39, 0.29) is 5.75 Å². The minimum atomic E-state index is -3.06. The zero-order valence-corrected chi connectivity index (χ0v) is 10.6. The summed E-state index contributed by atoms with van der Waals surface area (Å²) in [6.07, 6.45) is 2.47. The first-order valence-electron chi connectivity index (χ1n) is 5.12. The lowest BCUT2D eigenvalue weighted by molar-refractivity contribution is 0.427. The highest BCUT2D eigenvalue weighted by molar-refractivity contribution is 7.89. The fourth-order valence-electron chi connectivity index (χ4n) is 1.19. The van der Waals surface area contributed by atoms with Crippen molar-refractivity contribution in [2.24, 2.45) is 0 Å². The summed E-state index contributed by atoms with van der Waals surface area (Å²) in [4.78, 5) is 0. The van der Waals surface area contributed by atoms with E-state index in [2.05, 4.69) is 0 Å². The molecule has 0 saturated heterocycles. The van der Waals surface area contributed by atoms with E-state index in [4.69, 9.17) is 11.6 Å². The Balaban J connectivity index is 4.29. The third-order valence-corrected chi connectivity index (χ3v) is 4.08. The number of alkyl halides is 1. The number of hydrogen-bond donors (Lipinski definition) is 0. The molecule has 0 aliphatic rings. The minimum absolute atomic E-state index is 0.250. The van der Waals surface area contributed by atoms with Gasteiger partial charge < -0.3 is 0 Å². The SMILES string of the molecule is CCCCS(=O)(=O)N(CCC)CCCl. The summed E-state index contributed by atoms with van der Waals surface area (Å²) in [5.41, 5.74) is 0. The van der Waals surface area contributed by atoms with Gasteiger partial charge in [-0.25, -0.2) is 12.7 Å². The van der Waals surface area contributed by atoms with Crippen LogP contribution in [-0.2, 0) is 10.0 Å². The lowest BCUT2D eigenvalue weighted by atomic mass is 10.4. The van der Waals surface area contributed by atoms with Gasteiger partial charge in [0.05, 0.1) is 5.75 Å². The Kier molecular flexibility index (Phi) is 7.59. The molecule has 0 N–H and O–H groups in total. The molecule has 0 atom stereocenters. The molecule has 0 amide bonds. The molecule has 0 saturated carbocycles. The van der Waals surface area contributed by atoms with E-state index in [1.54, 1.807) is 0 Å². The van der Waals surface area contributed by atoms with Crippen molar-refractivity contribution < 1.29 is 8.42 Å². The predicted molar refractivity (Wildman–Crippen MR) is 61.3 cm³/mol. The highest BCUT2D eigenvalue weighted by atomic mass is 35.5. The van der Waals surface area contributed by atoms with Crippen LogP contribution in [0.4, 0.5) is 0 Å². The van der Waals surface area contributed by atoms with Gasteiger partial charge in [0, 0.05) is 19.0 Å². The van der Waals surface area contributed by atoms with E-state index < -0.39 is 10.0 Å². The van der Waals surface area contributed by atoms with Gasteiger partial charge in [0.25, 0.3) is 0 Å². The first kappa shape index (κ1) is 14.2. The third kappa shape index (κ3) is 5.17. The molecule has 0 bridgehead atoms. The maximum atomic E-state index is 11.7. The minimum Gasteiger partial charge on any atom is -0.212 e. The van der Waals surface area contributed by atoms with Crippen LogP contribution in [0.3, 0.4) is 0 Å². The van der Waals surface area contributed by atoms with Crippen LogP contribution in [0.5, 0.6) is 0 Å². The molecule has 0 aromatic rings. The van der Waals surface area contributed by atoms with Gasteiger partial charge in [-0.3, -0.25) is 0 Å². The van der Waals surface area contributed by atoms with Gasteiger partial charge in [-0.15, -0.1) is 11.6 Å². The molecule has 5 heteroatoms. The van der Waals surface area contributed by atoms with Crippen molar-refractivity contribution in [1.82, 2.24) is 4.31 Å². The molecule has 0 aliphatic carbocycles. The lowest BCUT2D eigenvalue weighted by Crippen LogP contribution is -2.35. The van der Waals surface area contributed by atoms with Crippen molar-refractivity contribution in [2.75, 3.05) is 24.7 Å². The molecule has 0 aliphatic heterocycles. The Bertz CT molecular complexity index is 223. The van der Waals surface area contributed by atoms with Gasteiger partial charge in [-0.1, -0.05) is 20.3 Å². The molecule has 0 radical (unpaired) electrons. The van der Waals surface area contributed by atoms with E-state index in [0.29, 0.717) is 19.0 Å². The van der Waals surface area contributed by atoms with Gasteiger partial charge >= 0.3 is 0 Å². The monoisotopic (exact) mass is 241 g/mol. The van der Waals surface area contributed by atoms with E-state index in [1.165, 1.54) is 4.31 Å². The Hall–Kier alpha value is 0.200. The number of sulfonamides is 1. The second-order valence-electron chi connectivity index (χ2n) is 3.26. The molecule has 0 unspecified atom stereocenters. The van der Waals surface area contributed by atoms with Gasteiger partial charge in [0.15, 0.2) is 0 Å². The standard InChI is InChI=1S/C9H20ClNO2S/c1-3-5-9-14(12,13)11(7-4-2)8-6-10/h3-9H2,1-2H3. The Labute approximate surface area is 92.5 Å². The quantitative estimate of drug-likeness (QED) is 0.610. The van der Waals surface area contributed by atoms with E-state index in [9.17, 15) is 8.42 Å². The van der Waals surface area contributed by atoms with Gasteiger partial charge in [0.2, 0.25) is 10.0 Å². The number of nitrogens with zero attached hydrogens (tertiary/aromatic N) is 1. The summed E-state index contributed by atoms with van der Waals surface area (Å²) in [6.45, 7) is 4.97. The largest absolute Gasteiger partial charge is 0.214 e. The van der Waals surface area contributed by atoms with E-state index in [0.717, 1.165) is 19.3 Å². The number of unbranched alkanes of at least 4 members (excludes halogenated alkanes) is 1. The van der Waals surface area contributed by atoms with Crippen LogP contribution in [0.25, 0.3) is 0 Å². The fraction of sp³-hybridized carbons (Fsp3) is 1.00. The van der Waals surface area contributed by atoms with E-state index >= 15 is 0 Å². The molecule has 0 aromatic carbocycles. The van der Waals surface area contributed by atoms with Crippen molar-refractivity contribution >= 4 is 21.6 Å². The summed E-state index contributed by atoms with van der Waals surface area (Å²) in [5.74, 6) is 0.617. The lowest BCUT2D eigenvalue weighted by Gasteiger charge is -2.20. The zero-order chi connectivity index (χ0) is 11.0. The molecule has 0 heterocycles. The molecule has 0 fully saturated rings. The average Bonchev–Trinajstić information content (AvgIpc) is 2.14. The van der Waals surface area contributed by atoms with Crippen LogP contribution in [0.15, 0.2) is 0 Å². The van der Waals surface area contributed by atoms with Gasteiger partial charge in [0.1, 0.15) is 0 Å². The second-order valence-corrected chi connectivity index (χ2v) is 5.72. The van der Waals surface area contributed by atoms with Crippen molar-refractivity contribution in [2.45, 2.75) is 33.1 Å². The number of rotatable bonds is 8. The Morgan fingerprint density at radius 2 is 1.79 bits per heavy atom. The van der Waals surface area contributed by atoms with Crippen LogP contribution < -0.4 is 0 Å². The molecule has 0 aromatic heterocycles. The number of hydrogen-bond acceptors (Lipinski definition) is 2. The highest BCUT2D eigenvalue weighted by Crippen LogP contribution is 2.06. The first-order chi connectivity index (χ1) is 6.58. The van der Waals surface area contributed by atoms with Gasteiger partial charge in [-0.2, -0.15) is 0 Å². The predicted octanol–water partition coefficient (Wildman–Crippen LogP) is 2.07. The molecule has 0 spiro atoms. The summed E-state index contributed by atoms with van der Waals surface area (Å²) < 4.78 is 25.0. The van der Waals surface area contributed by atoms with Crippen LogP contribution in [-0.4, -0.2) is 37.4 Å². The highest BCUT2D eigenvalue weighted by Gasteiger charge is 2.19. The van der Waals surface area contributed by atoms with Crippen molar-refractivity contribution in [1.29, 1.82) is 0 Å². The second kappa shape index (κ2) is 7.49. The average molecular weight is 242 g/mol. The third-order valence-electron chi connectivity index (χ3n) is 1.96. The molecule has 3 nitrogen and oxygen atoms in total. The zero-order valence-electron chi connectivity index (χ0n) is 9.00. The summed E-state index contributed by atoms with van der Waals surface area (Å²) >= 11 is 5.57. The van der Waals surface area contributed by atoms with Crippen LogP contribution >= 0.6 is 11.6 Å².